The number of para-hydroxylation sites is 1. The van der Waals surface area contributed by atoms with Crippen molar-refractivity contribution in [3.8, 4) is 17.2 Å². The zero-order valence-electron chi connectivity index (χ0n) is 16.0. The lowest BCUT2D eigenvalue weighted by Gasteiger charge is -2.16. The number of aromatic nitrogens is 1. The van der Waals surface area contributed by atoms with Crippen molar-refractivity contribution in [1.29, 1.82) is 0 Å². The summed E-state index contributed by atoms with van der Waals surface area (Å²) in [6.45, 7) is 4.49. The number of carbonyl (C=O) groups excluding carboxylic acids is 1. The van der Waals surface area contributed by atoms with Crippen LogP contribution < -0.4 is 14.2 Å². The van der Waals surface area contributed by atoms with Crippen molar-refractivity contribution in [1.82, 2.24) is 9.88 Å². The third-order valence-electron chi connectivity index (χ3n) is 5.16. The van der Waals surface area contributed by atoms with E-state index in [-0.39, 0.29) is 0 Å². The molecule has 1 aromatic heterocycles. The predicted octanol–water partition coefficient (Wildman–Crippen LogP) is 3.80. The molecule has 0 unspecified atom stereocenters. The Bertz CT molecular complexity index is 983. The maximum absolute atomic E-state index is 11.1. The van der Waals surface area contributed by atoms with Crippen LogP contribution >= 0.6 is 0 Å². The molecule has 0 atom stereocenters. The van der Waals surface area contributed by atoms with Crippen molar-refractivity contribution in [2.75, 3.05) is 33.4 Å². The Morgan fingerprint density at radius 3 is 2.68 bits per heavy atom. The van der Waals surface area contributed by atoms with Crippen molar-refractivity contribution < 1.29 is 19.0 Å². The number of carbonyl (C=O) groups is 1. The lowest BCUT2D eigenvalue weighted by atomic mass is 10.1. The van der Waals surface area contributed by atoms with Gasteiger partial charge in [-0.1, -0.05) is 12.1 Å². The van der Waals surface area contributed by atoms with Crippen LogP contribution in [-0.2, 0) is 4.79 Å². The van der Waals surface area contributed by atoms with E-state index in [0.717, 1.165) is 23.9 Å². The van der Waals surface area contributed by atoms with Gasteiger partial charge in [0, 0.05) is 23.4 Å². The summed E-state index contributed by atoms with van der Waals surface area (Å²) in [5.74, 6) is 1.73. The number of hydrogen-bond acceptors (Lipinski definition) is 6. The van der Waals surface area contributed by atoms with Crippen molar-refractivity contribution >= 4 is 28.3 Å². The molecule has 6 heteroatoms. The molecule has 0 saturated carbocycles. The van der Waals surface area contributed by atoms with Gasteiger partial charge in [0.15, 0.2) is 11.5 Å². The minimum Gasteiger partial charge on any atom is -0.493 e. The number of methoxy groups -OCH3 is 1. The molecule has 0 spiro atoms. The largest absolute Gasteiger partial charge is 0.493 e. The first-order chi connectivity index (χ1) is 13.8. The molecule has 0 N–H and O–H groups in total. The SMILES string of the molecule is COc1cc2c(OC=O)c3ccccc3nc2cc1OCCCN1CCCC1. The highest BCUT2D eigenvalue weighted by molar-refractivity contribution is 6.02. The Hall–Kier alpha value is -2.86. The van der Waals surface area contributed by atoms with E-state index in [9.17, 15) is 4.79 Å². The number of fused-ring (bicyclic) bond motifs is 2. The summed E-state index contributed by atoms with van der Waals surface area (Å²) < 4.78 is 16.8. The quantitative estimate of drug-likeness (QED) is 0.337. The highest BCUT2D eigenvalue weighted by atomic mass is 16.5. The number of pyridine rings is 1. The van der Waals surface area contributed by atoms with Crippen LogP contribution in [0, 0.1) is 0 Å². The number of rotatable bonds is 8. The first kappa shape index (κ1) is 18.5. The Kier molecular flexibility index (Phi) is 5.58. The van der Waals surface area contributed by atoms with Gasteiger partial charge in [-0.2, -0.15) is 0 Å². The summed E-state index contributed by atoms with van der Waals surface area (Å²) in [5.41, 5.74) is 1.46. The second kappa shape index (κ2) is 8.44. The van der Waals surface area contributed by atoms with Gasteiger partial charge in [0.05, 0.1) is 24.8 Å². The fourth-order valence-electron chi connectivity index (χ4n) is 3.79. The Labute approximate surface area is 164 Å². The maximum atomic E-state index is 11.1. The van der Waals surface area contributed by atoms with Crippen molar-refractivity contribution in [3.63, 3.8) is 0 Å². The highest BCUT2D eigenvalue weighted by Crippen LogP contribution is 2.39. The molecule has 6 nitrogen and oxygen atoms in total. The van der Waals surface area contributed by atoms with E-state index in [2.05, 4.69) is 4.90 Å². The summed E-state index contributed by atoms with van der Waals surface area (Å²) in [5, 5.41) is 1.50. The molecule has 2 heterocycles. The van der Waals surface area contributed by atoms with Crippen LogP contribution in [-0.4, -0.2) is 49.7 Å². The van der Waals surface area contributed by atoms with E-state index >= 15 is 0 Å². The molecular weight excluding hydrogens is 356 g/mol. The topological polar surface area (TPSA) is 60.9 Å². The molecule has 3 aromatic rings. The summed E-state index contributed by atoms with van der Waals surface area (Å²) >= 11 is 0. The molecule has 1 saturated heterocycles. The molecule has 146 valence electrons. The van der Waals surface area contributed by atoms with Crippen LogP contribution in [0.3, 0.4) is 0 Å². The average Bonchev–Trinajstić information content (AvgIpc) is 3.24. The number of likely N-dealkylation sites (tertiary alicyclic amines) is 1. The Morgan fingerprint density at radius 1 is 1.07 bits per heavy atom. The molecule has 2 aromatic carbocycles. The third-order valence-corrected chi connectivity index (χ3v) is 5.16. The summed E-state index contributed by atoms with van der Waals surface area (Å²) in [6.07, 6.45) is 3.56. The molecule has 0 aliphatic carbocycles. The monoisotopic (exact) mass is 380 g/mol. The smallest absolute Gasteiger partial charge is 0.298 e. The molecular formula is C22H24N2O4. The number of benzene rings is 2. The normalized spacial score (nSPS) is 14.5. The van der Waals surface area contributed by atoms with E-state index in [0.29, 0.717) is 41.2 Å². The summed E-state index contributed by atoms with van der Waals surface area (Å²) in [7, 11) is 1.60. The van der Waals surface area contributed by atoms with Gasteiger partial charge in [-0.15, -0.1) is 0 Å². The van der Waals surface area contributed by atoms with Crippen LogP contribution in [0.15, 0.2) is 36.4 Å². The van der Waals surface area contributed by atoms with Gasteiger partial charge in [-0.05, 0) is 50.6 Å². The number of hydrogen-bond donors (Lipinski definition) is 0. The molecule has 0 radical (unpaired) electrons. The molecule has 1 aliphatic rings. The van der Waals surface area contributed by atoms with Gasteiger partial charge >= 0.3 is 0 Å². The Morgan fingerprint density at radius 2 is 1.89 bits per heavy atom. The lowest BCUT2D eigenvalue weighted by molar-refractivity contribution is -0.120. The number of nitrogens with zero attached hydrogens (tertiary/aromatic N) is 2. The van der Waals surface area contributed by atoms with E-state index in [1.807, 2.05) is 36.4 Å². The molecule has 28 heavy (non-hydrogen) atoms. The standard InChI is InChI=1S/C22H24N2O4/c1-26-20-13-17-19(14-21(20)27-12-6-11-24-9-4-5-10-24)23-18-8-3-2-7-16(18)22(17)28-15-25/h2-3,7-8,13-15H,4-6,9-12H2,1H3. The summed E-state index contributed by atoms with van der Waals surface area (Å²) in [6, 6.07) is 11.3. The van der Waals surface area contributed by atoms with Gasteiger partial charge in [0.25, 0.3) is 6.47 Å². The van der Waals surface area contributed by atoms with E-state index < -0.39 is 0 Å². The predicted molar refractivity (Wildman–Crippen MR) is 108 cm³/mol. The second-order valence-corrected chi connectivity index (χ2v) is 6.94. The van der Waals surface area contributed by atoms with E-state index in [1.165, 1.54) is 25.9 Å². The zero-order chi connectivity index (χ0) is 19.3. The highest BCUT2D eigenvalue weighted by Gasteiger charge is 2.16. The van der Waals surface area contributed by atoms with Gasteiger partial charge in [0.1, 0.15) is 5.75 Å². The van der Waals surface area contributed by atoms with Gasteiger partial charge in [0.2, 0.25) is 0 Å². The van der Waals surface area contributed by atoms with Crippen LogP contribution in [0.5, 0.6) is 17.2 Å². The minimum absolute atomic E-state index is 0.441. The first-order valence-electron chi connectivity index (χ1n) is 9.66. The lowest BCUT2D eigenvalue weighted by Crippen LogP contribution is -2.21. The second-order valence-electron chi connectivity index (χ2n) is 6.94. The fourth-order valence-corrected chi connectivity index (χ4v) is 3.79. The number of ether oxygens (including phenoxy) is 3. The minimum atomic E-state index is 0.441. The van der Waals surface area contributed by atoms with E-state index in [4.69, 9.17) is 19.2 Å². The zero-order valence-corrected chi connectivity index (χ0v) is 16.0. The molecule has 1 aliphatic heterocycles. The van der Waals surface area contributed by atoms with E-state index in [1.54, 1.807) is 7.11 Å². The van der Waals surface area contributed by atoms with Crippen molar-refractivity contribution in [3.05, 3.63) is 36.4 Å². The molecule has 1 fully saturated rings. The fraction of sp³-hybridized carbons (Fsp3) is 0.364. The first-order valence-corrected chi connectivity index (χ1v) is 9.66. The molecule has 0 amide bonds. The van der Waals surface area contributed by atoms with Crippen LogP contribution in [0.25, 0.3) is 21.8 Å². The van der Waals surface area contributed by atoms with Crippen LogP contribution in [0.2, 0.25) is 0 Å². The summed E-state index contributed by atoms with van der Waals surface area (Å²) in [4.78, 5) is 18.2. The average molecular weight is 380 g/mol. The van der Waals surface area contributed by atoms with Gasteiger partial charge in [-0.25, -0.2) is 4.98 Å². The van der Waals surface area contributed by atoms with Crippen LogP contribution in [0.1, 0.15) is 19.3 Å². The van der Waals surface area contributed by atoms with Crippen molar-refractivity contribution in [2.45, 2.75) is 19.3 Å². The molecule has 4 rings (SSSR count). The van der Waals surface area contributed by atoms with Gasteiger partial charge < -0.3 is 19.1 Å². The van der Waals surface area contributed by atoms with Gasteiger partial charge in [-0.3, -0.25) is 4.79 Å². The Balaban J connectivity index is 1.63. The third kappa shape index (κ3) is 3.73. The maximum Gasteiger partial charge on any atom is 0.298 e. The van der Waals surface area contributed by atoms with Crippen molar-refractivity contribution in [2.24, 2.45) is 0 Å². The van der Waals surface area contributed by atoms with Crippen LogP contribution in [0.4, 0.5) is 0 Å². The molecule has 0 bridgehead atoms.